The van der Waals surface area contributed by atoms with E-state index in [2.05, 4.69) is 26.6 Å². The largest absolute Gasteiger partial charge is 0.480 e. The van der Waals surface area contributed by atoms with Crippen molar-refractivity contribution in [3.63, 3.8) is 0 Å². The van der Waals surface area contributed by atoms with Gasteiger partial charge in [0.25, 0.3) is 0 Å². The predicted octanol–water partition coefficient (Wildman–Crippen LogP) is 3.95. The molecule has 1 aliphatic heterocycles. The Labute approximate surface area is 179 Å². The van der Waals surface area contributed by atoms with Crippen molar-refractivity contribution in [2.45, 2.75) is 31.7 Å². The zero-order valence-corrected chi connectivity index (χ0v) is 17.4. The summed E-state index contributed by atoms with van der Waals surface area (Å²) in [5, 5.41) is 13.6. The van der Waals surface area contributed by atoms with Gasteiger partial charge in [0.2, 0.25) is 11.8 Å². The first-order valence-electron chi connectivity index (χ1n) is 10.7. The van der Waals surface area contributed by atoms with Crippen molar-refractivity contribution < 1.29 is 9.47 Å². The minimum absolute atomic E-state index is 0.379. The molecule has 0 atom stereocenters. The van der Waals surface area contributed by atoms with Gasteiger partial charge >= 0.3 is 0 Å². The number of ether oxygens (including phenoxy) is 2. The van der Waals surface area contributed by atoms with E-state index < -0.39 is 0 Å². The highest BCUT2D eigenvalue weighted by atomic mass is 16.5. The second kappa shape index (κ2) is 7.16. The molecule has 1 aliphatic carbocycles. The van der Waals surface area contributed by atoms with Gasteiger partial charge in [0.05, 0.1) is 37.4 Å². The van der Waals surface area contributed by atoms with Crippen LogP contribution in [-0.4, -0.2) is 51.5 Å². The van der Waals surface area contributed by atoms with Crippen LogP contribution in [0.2, 0.25) is 0 Å². The minimum atomic E-state index is 0.379. The maximum Gasteiger partial charge on any atom is 0.228 e. The molecule has 8 nitrogen and oxygen atoms in total. The fourth-order valence-corrected chi connectivity index (χ4v) is 4.83. The van der Waals surface area contributed by atoms with Crippen LogP contribution in [0.5, 0.6) is 5.88 Å². The van der Waals surface area contributed by atoms with E-state index in [4.69, 9.17) is 19.4 Å². The number of nitrogens with one attached hydrogen (secondary N) is 2. The van der Waals surface area contributed by atoms with Gasteiger partial charge in [0, 0.05) is 28.6 Å². The van der Waals surface area contributed by atoms with Crippen molar-refractivity contribution in [1.82, 2.24) is 25.1 Å². The van der Waals surface area contributed by atoms with Crippen LogP contribution in [0, 0.1) is 5.41 Å². The van der Waals surface area contributed by atoms with Gasteiger partial charge in [-0.05, 0) is 49.4 Å². The van der Waals surface area contributed by atoms with Crippen molar-refractivity contribution in [2.24, 2.45) is 5.41 Å². The fraction of sp³-hybridized carbons (Fsp3) is 0.391. The number of benzene rings is 1. The van der Waals surface area contributed by atoms with Crippen LogP contribution in [0.25, 0.3) is 33.1 Å². The molecule has 1 aromatic carbocycles. The van der Waals surface area contributed by atoms with E-state index in [9.17, 15) is 0 Å². The SMILES string of the molecule is COc1nc(NC2CCC3(CC2)COC3)nc2[nH]cc(-c3ccc4nnccc4c3)c12. The predicted molar refractivity (Wildman–Crippen MR) is 118 cm³/mol. The van der Waals surface area contributed by atoms with Crippen molar-refractivity contribution in [1.29, 1.82) is 0 Å². The Morgan fingerprint density at radius 1 is 1.16 bits per heavy atom. The van der Waals surface area contributed by atoms with Gasteiger partial charge < -0.3 is 19.8 Å². The van der Waals surface area contributed by atoms with Crippen LogP contribution >= 0.6 is 0 Å². The van der Waals surface area contributed by atoms with E-state index in [-0.39, 0.29) is 0 Å². The van der Waals surface area contributed by atoms with E-state index in [0.717, 1.165) is 59.1 Å². The third-order valence-electron chi connectivity index (χ3n) is 6.71. The first-order valence-corrected chi connectivity index (χ1v) is 10.7. The molecule has 2 aliphatic rings. The van der Waals surface area contributed by atoms with Crippen LogP contribution in [0.15, 0.2) is 36.7 Å². The lowest BCUT2D eigenvalue weighted by Crippen LogP contribution is -2.47. The van der Waals surface area contributed by atoms with E-state index in [1.807, 2.05) is 24.4 Å². The number of fused-ring (bicyclic) bond motifs is 2. The molecule has 0 bridgehead atoms. The molecule has 0 unspecified atom stereocenters. The van der Waals surface area contributed by atoms with E-state index in [0.29, 0.717) is 23.3 Å². The van der Waals surface area contributed by atoms with Crippen molar-refractivity contribution in [3.8, 4) is 17.0 Å². The average molecular weight is 416 g/mol. The van der Waals surface area contributed by atoms with Gasteiger partial charge in [-0.15, -0.1) is 0 Å². The van der Waals surface area contributed by atoms with Crippen molar-refractivity contribution in [2.75, 3.05) is 25.6 Å². The molecule has 0 radical (unpaired) electrons. The molecule has 4 aromatic rings. The lowest BCUT2D eigenvalue weighted by molar-refractivity contribution is -0.131. The van der Waals surface area contributed by atoms with E-state index >= 15 is 0 Å². The highest BCUT2D eigenvalue weighted by molar-refractivity contribution is 5.99. The summed E-state index contributed by atoms with van der Waals surface area (Å²) in [5.74, 6) is 1.17. The summed E-state index contributed by atoms with van der Waals surface area (Å²) >= 11 is 0. The number of anilines is 1. The summed E-state index contributed by atoms with van der Waals surface area (Å²) in [6.45, 7) is 1.84. The van der Waals surface area contributed by atoms with Crippen LogP contribution in [-0.2, 0) is 4.74 Å². The number of aromatic amines is 1. The number of aromatic nitrogens is 5. The van der Waals surface area contributed by atoms with Gasteiger partial charge in [-0.1, -0.05) is 6.07 Å². The smallest absolute Gasteiger partial charge is 0.228 e. The lowest BCUT2D eigenvalue weighted by Gasteiger charge is -2.46. The Bertz CT molecular complexity index is 1260. The molecule has 8 heteroatoms. The molecule has 2 N–H and O–H groups in total. The number of methoxy groups -OCH3 is 1. The van der Waals surface area contributed by atoms with Gasteiger partial charge in [0.1, 0.15) is 5.65 Å². The molecule has 1 saturated heterocycles. The van der Waals surface area contributed by atoms with Crippen molar-refractivity contribution in [3.05, 3.63) is 36.7 Å². The van der Waals surface area contributed by atoms with Crippen LogP contribution in [0.3, 0.4) is 0 Å². The summed E-state index contributed by atoms with van der Waals surface area (Å²) < 4.78 is 11.1. The summed E-state index contributed by atoms with van der Waals surface area (Å²) in [6, 6.07) is 8.45. The molecule has 6 rings (SSSR count). The van der Waals surface area contributed by atoms with E-state index in [1.54, 1.807) is 13.3 Å². The van der Waals surface area contributed by atoms with E-state index in [1.165, 1.54) is 12.8 Å². The van der Waals surface area contributed by atoms with Crippen molar-refractivity contribution >= 4 is 27.9 Å². The molecule has 31 heavy (non-hydrogen) atoms. The maximum absolute atomic E-state index is 5.67. The second-order valence-electron chi connectivity index (χ2n) is 8.70. The zero-order chi connectivity index (χ0) is 20.8. The Morgan fingerprint density at radius 2 is 2.03 bits per heavy atom. The first kappa shape index (κ1) is 18.5. The fourth-order valence-electron chi connectivity index (χ4n) is 4.83. The number of nitrogens with zero attached hydrogens (tertiary/aromatic N) is 4. The van der Waals surface area contributed by atoms with Gasteiger partial charge in [-0.25, -0.2) is 0 Å². The zero-order valence-electron chi connectivity index (χ0n) is 17.4. The molecule has 3 aromatic heterocycles. The monoisotopic (exact) mass is 416 g/mol. The molecule has 158 valence electrons. The van der Waals surface area contributed by atoms with Gasteiger partial charge in [0.15, 0.2) is 0 Å². The highest BCUT2D eigenvalue weighted by Gasteiger charge is 2.41. The minimum Gasteiger partial charge on any atom is -0.480 e. The molecule has 0 amide bonds. The third-order valence-corrected chi connectivity index (χ3v) is 6.71. The summed E-state index contributed by atoms with van der Waals surface area (Å²) in [6.07, 6.45) is 8.29. The Kier molecular flexibility index (Phi) is 4.27. The molecule has 4 heterocycles. The Hall–Kier alpha value is -3.26. The molecule has 1 spiro atoms. The average Bonchev–Trinajstić information content (AvgIpc) is 3.22. The van der Waals surface area contributed by atoms with Crippen LogP contribution < -0.4 is 10.1 Å². The highest BCUT2D eigenvalue weighted by Crippen LogP contribution is 2.43. The second-order valence-corrected chi connectivity index (χ2v) is 8.70. The normalized spacial score (nSPS) is 18.4. The topological polar surface area (TPSA) is 97.8 Å². The Morgan fingerprint density at radius 3 is 2.81 bits per heavy atom. The number of hydrogen-bond donors (Lipinski definition) is 2. The standard InChI is InChI=1S/C23H24N6O2/c1-30-21-19-17(14-2-3-18-15(10-14)6-9-25-29-18)11-24-20(19)27-22(28-21)26-16-4-7-23(8-5-16)12-31-13-23/h2-3,6,9-11,16H,4-5,7-8,12-13H2,1H3,(H2,24,26,27,28). The number of hydrogen-bond acceptors (Lipinski definition) is 7. The Balaban J connectivity index is 1.31. The summed E-state index contributed by atoms with van der Waals surface area (Å²) in [5.41, 5.74) is 4.11. The summed E-state index contributed by atoms with van der Waals surface area (Å²) in [4.78, 5) is 12.7. The molecular formula is C23H24N6O2. The molecule has 2 fully saturated rings. The van der Waals surface area contributed by atoms with Gasteiger partial charge in [-0.2, -0.15) is 20.2 Å². The quantitative estimate of drug-likeness (QED) is 0.520. The number of rotatable bonds is 4. The van der Waals surface area contributed by atoms with Gasteiger partial charge in [-0.3, -0.25) is 0 Å². The number of H-pyrrole nitrogens is 1. The molecular weight excluding hydrogens is 392 g/mol. The lowest BCUT2D eigenvalue weighted by atomic mass is 9.71. The summed E-state index contributed by atoms with van der Waals surface area (Å²) in [7, 11) is 1.65. The van der Waals surface area contributed by atoms with Crippen LogP contribution in [0.1, 0.15) is 25.7 Å². The first-order chi connectivity index (χ1) is 15.2. The van der Waals surface area contributed by atoms with Crippen LogP contribution in [0.4, 0.5) is 5.95 Å². The maximum atomic E-state index is 5.67. The molecule has 1 saturated carbocycles. The third kappa shape index (κ3) is 3.18.